The first-order chi connectivity index (χ1) is 14.8. The number of H-pyrrole nitrogens is 1. The van der Waals surface area contributed by atoms with Crippen LogP contribution in [0.3, 0.4) is 0 Å². The Labute approximate surface area is 182 Å². The van der Waals surface area contributed by atoms with E-state index in [1.165, 1.54) is 0 Å². The number of carbonyl (C=O) groups excluding carboxylic acids is 2. The van der Waals surface area contributed by atoms with E-state index in [2.05, 4.69) is 4.98 Å². The zero-order valence-electron chi connectivity index (χ0n) is 18.1. The predicted molar refractivity (Wildman–Crippen MR) is 118 cm³/mol. The van der Waals surface area contributed by atoms with Crippen LogP contribution in [0.2, 0.25) is 0 Å². The Kier molecular flexibility index (Phi) is 5.72. The lowest BCUT2D eigenvalue weighted by molar-refractivity contribution is -0.150. The van der Waals surface area contributed by atoms with Gasteiger partial charge in [-0.3, -0.25) is 4.90 Å². The minimum absolute atomic E-state index is 0.176. The summed E-state index contributed by atoms with van der Waals surface area (Å²) in [4.78, 5) is 31.0. The van der Waals surface area contributed by atoms with Crippen molar-refractivity contribution in [2.24, 2.45) is 0 Å². The van der Waals surface area contributed by atoms with Gasteiger partial charge in [0.25, 0.3) is 0 Å². The number of benzene rings is 2. The van der Waals surface area contributed by atoms with Crippen molar-refractivity contribution < 1.29 is 19.1 Å². The van der Waals surface area contributed by atoms with E-state index in [4.69, 9.17) is 9.47 Å². The number of amides is 1. The minimum atomic E-state index is -0.685. The number of nitrogens with zero attached hydrogens (tertiary/aromatic N) is 1. The smallest absolute Gasteiger partial charge is 0.411 e. The second-order valence-electron chi connectivity index (χ2n) is 8.90. The van der Waals surface area contributed by atoms with Crippen LogP contribution in [0.5, 0.6) is 0 Å². The molecule has 2 heterocycles. The molecule has 0 bridgehead atoms. The fraction of sp³-hybridized carbons (Fsp3) is 0.360. The summed E-state index contributed by atoms with van der Waals surface area (Å²) in [5, 5.41) is 1.07. The average Bonchev–Trinajstić information content (AvgIpc) is 3.35. The second-order valence-corrected chi connectivity index (χ2v) is 8.90. The van der Waals surface area contributed by atoms with Gasteiger partial charge in [-0.2, -0.15) is 0 Å². The maximum atomic E-state index is 13.1. The molecule has 6 heteroatoms. The van der Waals surface area contributed by atoms with Gasteiger partial charge in [0.2, 0.25) is 0 Å². The standard InChI is InChI=1S/C25H28N2O4/c1-25(2,3)31-24(29)27-21(20-15-18-11-7-8-12-19(18)26-20)13-14-22(27)23(28)30-16-17-9-5-4-6-10-17/h4-12,15,21-22,26H,13-14,16H2,1-3H3/t21-,22-/m0/s1. The van der Waals surface area contributed by atoms with Crippen LogP contribution in [-0.4, -0.2) is 33.6 Å². The van der Waals surface area contributed by atoms with Crippen molar-refractivity contribution in [2.75, 3.05) is 0 Å². The molecule has 0 saturated carbocycles. The molecule has 2 atom stereocenters. The summed E-state index contributed by atoms with van der Waals surface area (Å²) >= 11 is 0. The summed E-state index contributed by atoms with van der Waals surface area (Å²) in [5.41, 5.74) is 2.13. The third kappa shape index (κ3) is 4.74. The largest absolute Gasteiger partial charge is 0.459 e. The van der Waals surface area contributed by atoms with Crippen LogP contribution in [0.4, 0.5) is 4.79 Å². The molecule has 6 nitrogen and oxygen atoms in total. The highest BCUT2D eigenvalue weighted by atomic mass is 16.6. The third-order valence-electron chi connectivity index (χ3n) is 5.40. The van der Waals surface area contributed by atoms with E-state index in [0.29, 0.717) is 12.8 Å². The first-order valence-corrected chi connectivity index (χ1v) is 10.6. The number of aromatic nitrogens is 1. The Bertz CT molecular complexity index is 1030. The zero-order valence-corrected chi connectivity index (χ0v) is 18.1. The molecule has 0 radical (unpaired) electrons. The molecule has 0 spiro atoms. The van der Waals surface area contributed by atoms with Crippen molar-refractivity contribution in [1.82, 2.24) is 9.88 Å². The lowest BCUT2D eigenvalue weighted by atomic mass is 10.1. The molecule has 4 rings (SSSR count). The molecule has 1 aliphatic rings. The number of aromatic amines is 1. The fourth-order valence-corrected chi connectivity index (χ4v) is 4.02. The first kappa shape index (κ1) is 21.0. The number of hydrogen-bond donors (Lipinski definition) is 1. The van der Waals surface area contributed by atoms with Gasteiger partial charge in [0.15, 0.2) is 0 Å². The fourth-order valence-electron chi connectivity index (χ4n) is 4.02. The van der Waals surface area contributed by atoms with Crippen LogP contribution in [-0.2, 0) is 20.9 Å². The van der Waals surface area contributed by atoms with E-state index in [-0.39, 0.29) is 12.6 Å². The quantitative estimate of drug-likeness (QED) is 0.578. The Morgan fingerprint density at radius 1 is 1.03 bits per heavy atom. The van der Waals surface area contributed by atoms with Crippen LogP contribution >= 0.6 is 0 Å². The number of carbonyl (C=O) groups is 2. The molecule has 1 aromatic heterocycles. The van der Waals surface area contributed by atoms with Crippen molar-refractivity contribution >= 4 is 23.0 Å². The summed E-state index contributed by atoms with van der Waals surface area (Å²) in [6.45, 7) is 5.64. The van der Waals surface area contributed by atoms with Gasteiger partial charge in [-0.05, 0) is 56.7 Å². The van der Waals surface area contributed by atoms with Gasteiger partial charge in [-0.25, -0.2) is 9.59 Å². The molecule has 162 valence electrons. The molecule has 0 unspecified atom stereocenters. The Hall–Kier alpha value is -3.28. The molecule has 2 aromatic carbocycles. The third-order valence-corrected chi connectivity index (χ3v) is 5.40. The minimum Gasteiger partial charge on any atom is -0.459 e. The van der Waals surface area contributed by atoms with Gasteiger partial charge in [-0.15, -0.1) is 0 Å². The van der Waals surface area contributed by atoms with Gasteiger partial charge in [0, 0.05) is 11.2 Å². The number of likely N-dealkylation sites (tertiary alicyclic amines) is 1. The van der Waals surface area contributed by atoms with Crippen molar-refractivity contribution in [1.29, 1.82) is 0 Å². The molecular formula is C25H28N2O4. The van der Waals surface area contributed by atoms with E-state index in [0.717, 1.165) is 22.2 Å². The van der Waals surface area contributed by atoms with E-state index in [9.17, 15) is 9.59 Å². The van der Waals surface area contributed by atoms with Crippen molar-refractivity contribution in [3.8, 4) is 0 Å². The molecule has 1 amide bonds. The zero-order chi connectivity index (χ0) is 22.0. The van der Waals surface area contributed by atoms with Gasteiger partial charge in [0.05, 0.1) is 6.04 Å². The number of esters is 1. The molecule has 1 fully saturated rings. The lowest BCUT2D eigenvalue weighted by Crippen LogP contribution is -2.45. The van der Waals surface area contributed by atoms with Crippen LogP contribution < -0.4 is 0 Å². The normalized spacial score (nSPS) is 18.9. The van der Waals surface area contributed by atoms with Gasteiger partial charge in [-0.1, -0.05) is 48.5 Å². The first-order valence-electron chi connectivity index (χ1n) is 10.6. The summed E-state index contributed by atoms with van der Waals surface area (Å²) in [5.74, 6) is -0.409. The van der Waals surface area contributed by atoms with Crippen LogP contribution in [0.1, 0.15) is 50.9 Å². The van der Waals surface area contributed by atoms with Crippen molar-refractivity contribution in [3.63, 3.8) is 0 Å². The van der Waals surface area contributed by atoms with E-state index < -0.39 is 23.7 Å². The lowest BCUT2D eigenvalue weighted by Gasteiger charge is -2.31. The Balaban J connectivity index is 1.58. The van der Waals surface area contributed by atoms with Crippen molar-refractivity contribution in [3.05, 3.63) is 71.9 Å². The monoisotopic (exact) mass is 420 g/mol. The van der Waals surface area contributed by atoms with Crippen LogP contribution in [0, 0.1) is 0 Å². The van der Waals surface area contributed by atoms with Gasteiger partial charge < -0.3 is 14.5 Å². The number of ether oxygens (including phenoxy) is 2. The molecule has 31 heavy (non-hydrogen) atoms. The van der Waals surface area contributed by atoms with Crippen LogP contribution in [0.25, 0.3) is 10.9 Å². The summed E-state index contributed by atoms with van der Waals surface area (Å²) in [6.07, 6.45) is 0.666. The second kappa shape index (κ2) is 8.46. The van der Waals surface area contributed by atoms with Crippen LogP contribution in [0.15, 0.2) is 60.7 Å². The van der Waals surface area contributed by atoms with E-state index in [1.807, 2.05) is 81.4 Å². The topological polar surface area (TPSA) is 71.6 Å². The van der Waals surface area contributed by atoms with Gasteiger partial charge in [0.1, 0.15) is 18.2 Å². The highest BCUT2D eigenvalue weighted by Gasteiger charge is 2.45. The number of para-hydroxylation sites is 1. The van der Waals surface area contributed by atoms with E-state index in [1.54, 1.807) is 4.90 Å². The molecule has 1 N–H and O–H groups in total. The highest BCUT2D eigenvalue weighted by molar-refractivity contribution is 5.84. The number of hydrogen-bond acceptors (Lipinski definition) is 4. The highest BCUT2D eigenvalue weighted by Crippen LogP contribution is 2.38. The average molecular weight is 421 g/mol. The maximum absolute atomic E-state index is 13.1. The summed E-state index contributed by atoms with van der Waals surface area (Å²) in [7, 11) is 0. The van der Waals surface area contributed by atoms with E-state index >= 15 is 0 Å². The van der Waals surface area contributed by atoms with Gasteiger partial charge >= 0.3 is 12.1 Å². The summed E-state index contributed by atoms with van der Waals surface area (Å²) < 4.78 is 11.2. The molecule has 1 saturated heterocycles. The Morgan fingerprint density at radius 2 is 1.74 bits per heavy atom. The Morgan fingerprint density at radius 3 is 2.45 bits per heavy atom. The molecular weight excluding hydrogens is 392 g/mol. The SMILES string of the molecule is CC(C)(C)OC(=O)N1[C@H](C(=O)OCc2ccccc2)CC[C@H]1c1cc2ccccc2[nH]1. The molecule has 0 aliphatic carbocycles. The number of rotatable bonds is 4. The number of fused-ring (bicyclic) bond motifs is 1. The predicted octanol–water partition coefficient (Wildman–Crippen LogP) is 5.35. The summed E-state index contributed by atoms with van der Waals surface area (Å²) in [6, 6.07) is 18.6. The number of nitrogens with one attached hydrogen (secondary N) is 1. The molecule has 1 aliphatic heterocycles. The molecule has 3 aromatic rings. The van der Waals surface area contributed by atoms with Crippen molar-refractivity contribution in [2.45, 2.75) is 57.9 Å². The maximum Gasteiger partial charge on any atom is 0.411 e.